The maximum Gasteiger partial charge on any atom is 0.496 e. The molecule has 1 saturated heterocycles. The number of hydrogen-bond acceptors (Lipinski definition) is 3. The number of allylic oxidation sites excluding steroid dienone is 2. The molecule has 3 rings (SSSR count). The second-order valence-electron chi connectivity index (χ2n) is 7.98. The normalized spacial score (nSPS) is 23.3. The van der Waals surface area contributed by atoms with Crippen molar-refractivity contribution in [2.24, 2.45) is 0 Å². The third-order valence-electron chi connectivity index (χ3n) is 5.68. The molecule has 1 fully saturated rings. The molecule has 0 bridgehead atoms. The van der Waals surface area contributed by atoms with Gasteiger partial charge in [-0.1, -0.05) is 49.4 Å². The Morgan fingerprint density at radius 3 is 2.32 bits per heavy atom. The third-order valence-corrected chi connectivity index (χ3v) is 5.68. The van der Waals surface area contributed by atoms with E-state index in [1.165, 1.54) is 5.56 Å². The molecule has 0 N–H and O–H groups in total. The van der Waals surface area contributed by atoms with Crippen LogP contribution in [0.25, 0.3) is 0 Å². The predicted molar refractivity (Wildman–Crippen MR) is 104 cm³/mol. The molecule has 2 aliphatic heterocycles. The highest BCUT2D eigenvalue weighted by Gasteiger charge is 2.52. The molecule has 134 valence electrons. The van der Waals surface area contributed by atoms with Crippen LogP contribution in [0.2, 0.25) is 0 Å². The number of hydrogen-bond donors (Lipinski definition) is 0. The molecule has 2 heterocycles. The minimum atomic E-state index is -0.312. The molecule has 0 aromatic heterocycles. The fourth-order valence-corrected chi connectivity index (χ4v) is 3.44. The first-order valence-electron chi connectivity index (χ1n) is 9.38. The van der Waals surface area contributed by atoms with E-state index in [0.717, 1.165) is 24.9 Å². The van der Waals surface area contributed by atoms with Crippen LogP contribution in [0.4, 0.5) is 0 Å². The minimum Gasteiger partial charge on any atom is -0.399 e. The summed E-state index contributed by atoms with van der Waals surface area (Å²) < 4.78 is 12.5. The molecular formula is C21H30BNO2. The van der Waals surface area contributed by atoms with Gasteiger partial charge in [0.15, 0.2) is 0 Å². The lowest BCUT2D eigenvalue weighted by Gasteiger charge is -2.32. The molecule has 25 heavy (non-hydrogen) atoms. The van der Waals surface area contributed by atoms with Crippen molar-refractivity contribution in [1.29, 1.82) is 0 Å². The van der Waals surface area contributed by atoms with Crippen LogP contribution in [0.1, 0.15) is 59.1 Å². The van der Waals surface area contributed by atoms with Crippen LogP contribution >= 0.6 is 0 Å². The Morgan fingerprint density at radius 2 is 1.72 bits per heavy atom. The zero-order valence-corrected chi connectivity index (χ0v) is 16.2. The van der Waals surface area contributed by atoms with Crippen molar-refractivity contribution >= 4 is 7.12 Å². The lowest BCUT2D eigenvalue weighted by molar-refractivity contribution is 0.00578. The molecule has 1 aromatic rings. The number of benzene rings is 1. The van der Waals surface area contributed by atoms with Crippen molar-refractivity contribution in [3.8, 4) is 0 Å². The fourth-order valence-electron chi connectivity index (χ4n) is 3.44. The number of rotatable bonds is 4. The zero-order valence-electron chi connectivity index (χ0n) is 16.2. The summed E-state index contributed by atoms with van der Waals surface area (Å²) in [5.74, 6) is 0. The Hall–Kier alpha value is -1.52. The summed E-state index contributed by atoms with van der Waals surface area (Å²) in [6.07, 6.45) is 8.74. The molecule has 2 aliphatic rings. The van der Waals surface area contributed by atoms with Gasteiger partial charge >= 0.3 is 7.12 Å². The molecule has 4 heteroatoms. The van der Waals surface area contributed by atoms with E-state index in [1.807, 2.05) is 0 Å². The van der Waals surface area contributed by atoms with Gasteiger partial charge in [-0.25, -0.2) is 0 Å². The van der Waals surface area contributed by atoms with E-state index in [0.29, 0.717) is 6.04 Å². The first-order valence-corrected chi connectivity index (χ1v) is 9.38. The summed E-state index contributed by atoms with van der Waals surface area (Å²) in [4.78, 5) is 2.44. The van der Waals surface area contributed by atoms with Gasteiger partial charge in [-0.05, 0) is 57.8 Å². The van der Waals surface area contributed by atoms with Crippen molar-refractivity contribution in [3.05, 3.63) is 59.7 Å². The van der Waals surface area contributed by atoms with Crippen molar-refractivity contribution in [3.63, 3.8) is 0 Å². The lowest BCUT2D eigenvalue weighted by Crippen LogP contribution is -2.41. The van der Waals surface area contributed by atoms with Crippen LogP contribution in [-0.4, -0.2) is 29.8 Å². The Balaban J connectivity index is 1.87. The molecule has 1 atom stereocenters. The standard InChI is InChI=1S/C21H30BNO2/c1-6-19(17-12-8-7-9-13-17)23-15-11-10-14-18(16-23)22-24-20(2,3)21(4,5)25-22/h7-10,12-14,16,19H,6,11,15H2,1-5H3. The zero-order chi connectivity index (χ0) is 18.1. The quantitative estimate of drug-likeness (QED) is 0.727. The van der Waals surface area contributed by atoms with Crippen LogP contribution in [0, 0.1) is 0 Å². The molecule has 1 aromatic carbocycles. The van der Waals surface area contributed by atoms with Gasteiger partial charge in [-0.3, -0.25) is 0 Å². The van der Waals surface area contributed by atoms with E-state index in [1.54, 1.807) is 0 Å². The minimum absolute atomic E-state index is 0.310. The lowest BCUT2D eigenvalue weighted by atomic mass is 9.78. The highest BCUT2D eigenvalue weighted by Crippen LogP contribution is 2.39. The fraction of sp³-hybridized carbons (Fsp3) is 0.524. The van der Waals surface area contributed by atoms with Crippen molar-refractivity contribution in [1.82, 2.24) is 4.90 Å². The van der Waals surface area contributed by atoms with Gasteiger partial charge in [-0.15, -0.1) is 0 Å². The maximum absolute atomic E-state index is 6.26. The Labute approximate surface area is 152 Å². The highest BCUT2D eigenvalue weighted by atomic mass is 16.7. The van der Waals surface area contributed by atoms with Gasteiger partial charge in [0.25, 0.3) is 0 Å². The largest absolute Gasteiger partial charge is 0.496 e. The highest BCUT2D eigenvalue weighted by molar-refractivity contribution is 6.55. The van der Waals surface area contributed by atoms with E-state index in [9.17, 15) is 0 Å². The Kier molecular flexibility index (Phi) is 5.12. The molecule has 0 amide bonds. The van der Waals surface area contributed by atoms with Crippen LogP contribution in [0.5, 0.6) is 0 Å². The van der Waals surface area contributed by atoms with Gasteiger partial charge < -0.3 is 14.2 Å². The second kappa shape index (κ2) is 7.01. The molecule has 0 spiro atoms. The van der Waals surface area contributed by atoms with Crippen LogP contribution < -0.4 is 0 Å². The van der Waals surface area contributed by atoms with Gasteiger partial charge in [0.1, 0.15) is 0 Å². The van der Waals surface area contributed by atoms with E-state index in [2.05, 4.69) is 88.2 Å². The Bertz CT molecular complexity index is 635. The Morgan fingerprint density at radius 1 is 1.08 bits per heavy atom. The summed E-state index contributed by atoms with van der Waals surface area (Å²) in [5, 5.41) is 0. The maximum atomic E-state index is 6.26. The van der Waals surface area contributed by atoms with Crippen LogP contribution in [-0.2, 0) is 9.31 Å². The average Bonchev–Trinajstić information content (AvgIpc) is 2.74. The van der Waals surface area contributed by atoms with Crippen molar-refractivity contribution < 1.29 is 9.31 Å². The van der Waals surface area contributed by atoms with Gasteiger partial charge in [0, 0.05) is 6.54 Å². The summed E-state index contributed by atoms with van der Waals surface area (Å²) in [6.45, 7) is 11.7. The molecule has 0 aliphatic carbocycles. The van der Waals surface area contributed by atoms with E-state index < -0.39 is 0 Å². The number of nitrogens with zero attached hydrogens (tertiary/aromatic N) is 1. The molecule has 1 unspecified atom stereocenters. The van der Waals surface area contributed by atoms with E-state index >= 15 is 0 Å². The van der Waals surface area contributed by atoms with Crippen molar-refractivity contribution in [2.75, 3.05) is 6.54 Å². The van der Waals surface area contributed by atoms with Crippen LogP contribution in [0.15, 0.2) is 54.2 Å². The topological polar surface area (TPSA) is 21.7 Å². The summed E-state index contributed by atoms with van der Waals surface area (Å²) in [6, 6.07) is 11.1. The van der Waals surface area contributed by atoms with E-state index in [-0.39, 0.29) is 18.3 Å². The molecular weight excluding hydrogens is 309 g/mol. The second-order valence-corrected chi connectivity index (χ2v) is 7.98. The third kappa shape index (κ3) is 3.70. The monoisotopic (exact) mass is 339 g/mol. The molecule has 3 nitrogen and oxygen atoms in total. The van der Waals surface area contributed by atoms with Crippen molar-refractivity contribution in [2.45, 2.75) is 64.7 Å². The molecule has 0 saturated carbocycles. The predicted octanol–water partition coefficient (Wildman–Crippen LogP) is 4.91. The van der Waals surface area contributed by atoms with Crippen LogP contribution in [0.3, 0.4) is 0 Å². The average molecular weight is 339 g/mol. The summed E-state index contributed by atoms with van der Waals surface area (Å²) in [5.41, 5.74) is 1.84. The van der Waals surface area contributed by atoms with Gasteiger partial charge in [0.2, 0.25) is 0 Å². The van der Waals surface area contributed by atoms with Gasteiger partial charge in [0.05, 0.1) is 17.2 Å². The summed E-state index contributed by atoms with van der Waals surface area (Å²) >= 11 is 0. The first kappa shape index (κ1) is 18.3. The van der Waals surface area contributed by atoms with E-state index in [4.69, 9.17) is 9.31 Å². The SMILES string of the molecule is CCC(c1ccccc1)N1C=C(B2OC(C)(C)C(C)(C)O2)C=CCC1. The first-order chi connectivity index (χ1) is 11.8. The van der Waals surface area contributed by atoms with Gasteiger partial charge in [-0.2, -0.15) is 0 Å². The smallest absolute Gasteiger partial charge is 0.399 e. The summed E-state index contributed by atoms with van der Waals surface area (Å²) in [7, 11) is -0.310. The molecule has 0 radical (unpaired) electrons.